The van der Waals surface area contributed by atoms with Crippen LogP contribution in [-0.2, 0) is 27.3 Å². The van der Waals surface area contributed by atoms with Gasteiger partial charge in [0.05, 0.1) is 30.4 Å². The second-order valence-electron chi connectivity index (χ2n) is 9.99. The predicted octanol–water partition coefficient (Wildman–Crippen LogP) is 5.87. The summed E-state index contributed by atoms with van der Waals surface area (Å²) in [6.07, 6.45) is 0.950. The van der Waals surface area contributed by atoms with Gasteiger partial charge in [-0.3, -0.25) is 9.59 Å². The second-order valence-corrected chi connectivity index (χ2v) is 10.9. The van der Waals surface area contributed by atoms with Gasteiger partial charge in [0.15, 0.2) is 0 Å². The van der Waals surface area contributed by atoms with Crippen molar-refractivity contribution in [3.05, 3.63) is 111 Å². The Kier molecular flexibility index (Phi) is 7.40. The van der Waals surface area contributed by atoms with E-state index < -0.39 is 5.54 Å². The van der Waals surface area contributed by atoms with Gasteiger partial charge in [0.1, 0.15) is 11.3 Å². The number of carbonyl (C=O) groups is 2. The molecule has 1 saturated heterocycles. The molecule has 198 valence electrons. The van der Waals surface area contributed by atoms with Crippen LogP contribution in [0.2, 0.25) is 10.0 Å². The highest BCUT2D eigenvalue weighted by Gasteiger charge is 2.59. The van der Waals surface area contributed by atoms with Crippen molar-refractivity contribution in [3.63, 3.8) is 0 Å². The number of rotatable bonds is 7. The van der Waals surface area contributed by atoms with Crippen molar-refractivity contribution in [2.75, 3.05) is 13.7 Å². The first kappa shape index (κ1) is 26.8. The second kappa shape index (κ2) is 10.8. The minimum atomic E-state index is -0.834. The smallest absolute Gasteiger partial charge is 0.258 e. The number of halogens is 2. The fourth-order valence-electron chi connectivity index (χ4n) is 5.92. The van der Waals surface area contributed by atoms with Crippen LogP contribution >= 0.6 is 23.2 Å². The largest absolute Gasteiger partial charge is 0.498 e. The zero-order valence-corrected chi connectivity index (χ0v) is 23.2. The normalized spacial score (nSPS) is 20.1. The average Bonchev–Trinajstić information content (AvgIpc) is 3.39. The van der Waals surface area contributed by atoms with Crippen LogP contribution in [0.1, 0.15) is 35.6 Å². The molecule has 2 atom stereocenters. The Morgan fingerprint density at radius 2 is 1.74 bits per heavy atom. The zero-order chi connectivity index (χ0) is 27.7. The van der Waals surface area contributed by atoms with Gasteiger partial charge in [-0.1, -0.05) is 65.7 Å². The molecule has 1 fully saturated rings. The maximum atomic E-state index is 14.1. The topological polar surface area (TPSA) is 73.6 Å². The molecule has 5 rings (SSSR count). The lowest BCUT2D eigenvalue weighted by atomic mass is 9.84. The van der Waals surface area contributed by atoms with Crippen molar-refractivity contribution in [1.29, 1.82) is 5.26 Å². The summed E-state index contributed by atoms with van der Waals surface area (Å²) in [7, 11) is 1.57. The molecule has 2 aliphatic heterocycles. The number of benzene rings is 3. The number of methoxy groups -OCH3 is 1. The molecule has 0 aromatic heterocycles. The number of amides is 2. The molecular formula is C31H27Cl2N3O3. The summed E-state index contributed by atoms with van der Waals surface area (Å²) in [6.45, 7) is 2.36. The van der Waals surface area contributed by atoms with Gasteiger partial charge in [-0.2, -0.15) is 5.26 Å². The van der Waals surface area contributed by atoms with E-state index in [1.165, 1.54) is 0 Å². The summed E-state index contributed by atoms with van der Waals surface area (Å²) in [6, 6.07) is 24.1. The Balaban J connectivity index is 1.61. The number of nitrogens with zero attached hydrogens (tertiary/aromatic N) is 3. The van der Waals surface area contributed by atoms with Gasteiger partial charge < -0.3 is 14.5 Å². The Bertz CT molecular complexity index is 1480. The van der Waals surface area contributed by atoms with Crippen LogP contribution in [0.15, 0.2) is 78.6 Å². The number of hydrogen-bond donors (Lipinski definition) is 0. The van der Waals surface area contributed by atoms with Crippen LogP contribution in [-0.4, -0.2) is 46.8 Å². The molecule has 0 bridgehead atoms. The lowest BCUT2D eigenvalue weighted by Crippen LogP contribution is -2.45. The molecule has 6 nitrogen and oxygen atoms in total. The number of carbonyl (C=O) groups excluding carboxylic acids is 2. The van der Waals surface area contributed by atoms with Crippen molar-refractivity contribution in [2.24, 2.45) is 0 Å². The van der Waals surface area contributed by atoms with Crippen LogP contribution in [0, 0.1) is 11.3 Å². The van der Waals surface area contributed by atoms with Crippen LogP contribution in [0.5, 0.6) is 0 Å². The summed E-state index contributed by atoms with van der Waals surface area (Å²) < 4.78 is 6.04. The van der Waals surface area contributed by atoms with Crippen molar-refractivity contribution in [2.45, 2.75) is 37.9 Å². The molecule has 0 aliphatic carbocycles. The maximum absolute atomic E-state index is 14.1. The van der Waals surface area contributed by atoms with Gasteiger partial charge in [0.2, 0.25) is 5.91 Å². The minimum Gasteiger partial charge on any atom is -0.498 e. The molecule has 0 N–H and O–H groups in total. The molecular weight excluding hydrogens is 533 g/mol. The third-order valence-corrected chi connectivity index (χ3v) is 8.00. The summed E-state index contributed by atoms with van der Waals surface area (Å²) >= 11 is 12.6. The highest BCUT2D eigenvalue weighted by molar-refractivity contribution is 6.35. The van der Waals surface area contributed by atoms with Crippen LogP contribution in [0.25, 0.3) is 5.57 Å². The van der Waals surface area contributed by atoms with Crippen LogP contribution < -0.4 is 0 Å². The monoisotopic (exact) mass is 559 g/mol. The van der Waals surface area contributed by atoms with Crippen molar-refractivity contribution < 1.29 is 14.3 Å². The molecule has 39 heavy (non-hydrogen) atoms. The summed E-state index contributed by atoms with van der Waals surface area (Å²) in [4.78, 5) is 30.7. The molecule has 2 heterocycles. The summed E-state index contributed by atoms with van der Waals surface area (Å²) in [5.41, 5.74) is 2.70. The first-order valence-corrected chi connectivity index (χ1v) is 13.4. The van der Waals surface area contributed by atoms with E-state index in [0.717, 1.165) is 11.1 Å². The highest BCUT2D eigenvalue weighted by atomic mass is 35.5. The molecule has 3 aromatic rings. The molecule has 8 heteroatoms. The van der Waals surface area contributed by atoms with E-state index in [1.807, 2.05) is 52.3 Å². The van der Waals surface area contributed by atoms with Crippen LogP contribution in [0.3, 0.4) is 0 Å². The third kappa shape index (κ3) is 5.01. The van der Waals surface area contributed by atoms with E-state index >= 15 is 0 Å². The Morgan fingerprint density at radius 3 is 2.33 bits per heavy atom. The van der Waals surface area contributed by atoms with E-state index in [1.54, 1.807) is 44.4 Å². The van der Waals surface area contributed by atoms with E-state index in [0.29, 0.717) is 58.4 Å². The lowest BCUT2D eigenvalue weighted by molar-refractivity contribution is -0.132. The van der Waals surface area contributed by atoms with Crippen LogP contribution in [0.4, 0.5) is 0 Å². The van der Waals surface area contributed by atoms with E-state index in [4.69, 9.17) is 27.9 Å². The molecule has 0 spiro atoms. The van der Waals surface area contributed by atoms with Gasteiger partial charge in [0, 0.05) is 42.9 Å². The van der Waals surface area contributed by atoms with Gasteiger partial charge in [-0.15, -0.1) is 0 Å². The van der Waals surface area contributed by atoms with E-state index in [-0.39, 0.29) is 17.9 Å². The number of fused-ring (bicyclic) bond motifs is 1. The van der Waals surface area contributed by atoms with Crippen molar-refractivity contribution in [1.82, 2.24) is 9.80 Å². The van der Waals surface area contributed by atoms with Gasteiger partial charge in [0.25, 0.3) is 5.91 Å². The number of hydrogen-bond acceptors (Lipinski definition) is 4. The van der Waals surface area contributed by atoms with E-state index in [9.17, 15) is 14.9 Å². The molecule has 3 aromatic carbocycles. The number of nitriles is 1. The molecule has 0 radical (unpaired) electrons. The minimum absolute atomic E-state index is 0.0595. The van der Waals surface area contributed by atoms with E-state index in [2.05, 4.69) is 6.07 Å². The first-order valence-electron chi connectivity index (χ1n) is 12.6. The average molecular weight is 560 g/mol. The fraction of sp³-hybridized carbons (Fsp3) is 0.258. The molecule has 2 aliphatic rings. The van der Waals surface area contributed by atoms with Crippen molar-refractivity contribution in [3.8, 4) is 6.07 Å². The van der Waals surface area contributed by atoms with Gasteiger partial charge in [-0.25, -0.2) is 0 Å². The van der Waals surface area contributed by atoms with Crippen molar-refractivity contribution >= 4 is 40.6 Å². The number of ether oxygens (including phenoxy) is 1. The Hall–Kier alpha value is -3.79. The molecule has 0 saturated carbocycles. The standard InChI is InChI=1S/C31H27Cl2N3O3/c1-20(37)35(18-23-6-4-3-5-7-23)27-16-31(15-21-8-10-22(17-34)11-9-21)29(39-2)28(30(38)36(31)19-27)24-12-25(32)14-26(33)13-24/h3-14,27H,15-16,18-19H2,1-2H3/t27-,31+/m0/s1. The zero-order valence-electron chi connectivity index (χ0n) is 21.7. The highest BCUT2D eigenvalue weighted by Crippen LogP contribution is 2.50. The SMILES string of the molecule is COC1=C(c2cc(Cl)cc(Cl)c2)C(=O)N2C[C@@H](N(Cc3ccccc3)C(C)=O)C[C@]12Cc1ccc(C#N)cc1. The fourth-order valence-corrected chi connectivity index (χ4v) is 6.45. The Labute approximate surface area is 238 Å². The summed E-state index contributed by atoms with van der Waals surface area (Å²) in [5.74, 6) is 0.279. The summed E-state index contributed by atoms with van der Waals surface area (Å²) in [5, 5.41) is 10.1. The lowest BCUT2D eigenvalue weighted by Gasteiger charge is -2.34. The Morgan fingerprint density at radius 1 is 1.08 bits per heavy atom. The molecule has 0 unspecified atom stereocenters. The molecule has 2 amide bonds. The van der Waals surface area contributed by atoms with Gasteiger partial charge in [-0.05, 0) is 47.0 Å². The predicted molar refractivity (Wildman–Crippen MR) is 151 cm³/mol. The third-order valence-electron chi connectivity index (χ3n) is 7.57. The van der Waals surface area contributed by atoms with Gasteiger partial charge >= 0.3 is 0 Å². The maximum Gasteiger partial charge on any atom is 0.258 e. The quantitative estimate of drug-likeness (QED) is 0.363. The first-order chi connectivity index (χ1) is 18.8.